The summed E-state index contributed by atoms with van der Waals surface area (Å²) in [6.07, 6.45) is 0.115. The molecule has 2 rings (SSSR count). The average Bonchev–Trinajstić information content (AvgIpc) is 2.37. The summed E-state index contributed by atoms with van der Waals surface area (Å²) in [5.74, 6) is -1.02. The van der Waals surface area contributed by atoms with Gasteiger partial charge >= 0.3 is 5.97 Å². The van der Waals surface area contributed by atoms with E-state index < -0.39 is 5.97 Å². The van der Waals surface area contributed by atoms with Gasteiger partial charge in [0.15, 0.2) is 0 Å². The zero-order valence-electron chi connectivity index (χ0n) is 10.1. The topological polar surface area (TPSA) is 73.6 Å². The summed E-state index contributed by atoms with van der Waals surface area (Å²) in [4.78, 5) is 12.9. The highest BCUT2D eigenvalue weighted by atomic mass is 16.5. The molecule has 94 valence electrons. The van der Waals surface area contributed by atoms with Gasteiger partial charge in [0.2, 0.25) is 0 Å². The van der Waals surface area contributed by atoms with Crippen molar-refractivity contribution < 1.29 is 14.6 Å². The van der Waals surface area contributed by atoms with E-state index >= 15 is 0 Å². The zero-order chi connectivity index (χ0) is 13.1. The summed E-state index contributed by atoms with van der Waals surface area (Å²) in [5, 5.41) is 18.0. The summed E-state index contributed by atoms with van der Waals surface area (Å²) in [6.45, 7) is 4.02. The maximum Gasteiger partial charge on any atom is 0.335 e. The molecule has 1 fully saturated rings. The van der Waals surface area contributed by atoms with Crippen molar-refractivity contribution in [3.63, 3.8) is 0 Å². The van der Waals surface area contributed by atoms with Gasteiger partial charge in [-0.2, -0.15) is 5.26 Å². The third-order valence-corrected chi connectivity index (χ3v) is 2.95. The van der Waals surface area contributed by atoms with Crippen molar-refractivity contribution in [2.24, 2.45) is 0 Å². The molecule has 5 nitrogen and oxygen atoms in total. The van der Waals surface area contributed by atoms with Crippen LogP contribution in [0.2, 0.25) is 0 Å². The van der Waals surface area contributed by atoms with Crippen LogP contribution in [0.15, 0.2) is 18.2 Å². The number of carboxylic acid groups (broad SMARTS) is 1. The van der Waals surface area contributed by atoms with Crippen molar-refractivity contribution >= 4 is 11.7 Å². The van der Waals surface area contributed by atoms with E-state index in [1.807, 2.05) is 6.92 Å². The molecule has 18 heavy (non-hydrogen) atoms. The third-order valence-electron chi connectivity index (χ3n) is 2.95. The summed E-state index contributed by atoms with van der Waals surface area (Å²) >= 11 is 0. The fourth-order valence-corrected chi connectivity index (χ4v) is 2.07. The molecule has 0 spiro atoms. The Morgan fingerprint density at radius 2 is 2.39 bits per heavy atom. The lowest BCUT2D eigenvalue weighted by molar-refractivity contribution is 0.0532. The van der Waals surface area contributed by atoms with Crippen LogP contribution in [0.4, 0.5) is 5.69 Å². The Morgan fingerprint density at radius 1 is 1.61 bits per heavy atom. The number of rotatable bonds is 2. The Kier molecular flexibility index (Phi) is 3.49. The number of morpholine rings is 1. The lowest BCUT2D eigenvalue weighted by Crippen LogP contribution is -2.41. The highest BCUT2D eigenvalue weighted by Gasteiger charge is 2.20. The number of anilines is 1. The van der Waals surface area contributed by atoms with Gasteiger partial charge in [-0.15, -0.1) is 0 Å². The Labute approximate surface area is 105 Å². The number of benzene rings is 1. The van der Waals surface area contributed by atoms with E-state index in [9.17, 15) is 4.79 Å². The van der Waals surface area contributed by atoms with Gasteiger partial charge in [0.05, 0.1) is 29.5 Å². The first-order valence-corrected chi connectivity index (χ1v) is 5.76. The van der Waals surface area contributed by atoms with Gasteiger partial charge in [0.1, 0.15) is 6.07 Å². The van der Waals surface area contributed by atoms with Crippen LogP contribution in [0.1, 0.15) is 22.8 Å². The van der Waals surface area contributed by atoms with Crippen LogP contribution in [0.3, 0.4) is 0 Å². The fraction of sp³-hybridized carbons (Fsp3) is 0.385. The van der Waals surface area contributed by atoms with Crippen LogP contribution in [-0.4, -0.2) is 36.9 Å². The number of carbonyl (C=O) groups is 1. The maximum absolute atomic E-state index is 10.9. The van der Waals surface area contributed by atoms with E-state index in [0.717, 1.165) is 5.69 Å². The van der Waals surface area contributed by atoms with Crippen molar-refractivity contribution in [1.82, 2.24) is 0 Å². The van der Waals surface area contributed by atoms with Gasteiger partial charge in [-0.1, -0.05) is 0 Å². The second-order valence-electron chi connectivity index (χ2n) is 4.28. The normalized spacial score (nSPS) is 19.3. The molecule has 5 heteroatoms. The van der Waals surface area contributed by atoms with Crippen molar-refractivity contribution in [1.29, 1.82) is 5.26 Å². The van der Waals surface area contributed by atoms with Gasteiger partial charge in [0, 0.05) is 13.1 Å². The summed E-state index contributed by atoms with van der Waals surface area (Å²) in [5.41, 5.74) is 1.30. The lowest BCUT2D eigenvalue weighted by Gasteiger charge is -2.33. The monoisotopic (exact) mass is 246 g/mol. The summed E-state index contributed by atoms with van der Waals surface area (Å²) < 4.78 is 5.45. The Bertz CT molecular complexity index is 507. The zero-order valence-corrected chi connectivity index (χ0v) is 10.1. The Morgan fingerprint density at radius 3 is 3.00 bits per heavy atom. The van der Waals surface area contributed by atoms with E-state index in [2.05, 4.69) is 11.0 Å². The molecule has 1 aromatic carbocycles. The van der Waals surface area contributed by atoms with Crippen LogP contribution < -0.4 is 4.90 Å². The van der Waals surface area contributed by atoms with E-state index in [1.165, 1.54) is 12.1 Å². The molecule has 0 bridgehead atoms. The second-order valence-corrected chi connectivity index (χ2v) is 4.28. The summed E-state index contributed by atoms with van der Waals surface area (Å²) in [7, 11) is 0. The number of ether oxygens (including phenoxy) is 1. The fourth-order valence-electron chi connectivity index (χ4n) is 2.07. The molecule has 0 aliphatic carbocycles. The van der Waals surface area contributed by atoms with Crippen molar-refractivity contribution in [3.8, 4) is 6.07 Å². The van der Waals surface area contributed by atoms with Gasteiger partial charge in [-0.05, 0) is 25.1 Å². The number of hydrogen-bond donors (Lipinski definition) is 1. The minimum Gasteiger partial charge on any atom is -0.478 e. The highest BCUT2D eigenvalue weighted by molar-refractivity contribution is 5.89. The van der Waals surface area contributed by atoms with Crippen LogP contribution >= 0.6 is 0 Å². The number of aromatic carboxylic acids is 1. The van der Waals surface area contributed by atoms with Crippen molar-refractivity contribution in [2.75, 3.05) is 24.6 Å². The predicted octanol–water partition coefficient (Wildman–Crippen LogP) is 1.48. The first kappa shape index (κ1) is 12.4. The average molecular weight is 246 g/mol. The molecule has 1 saturated heterocycles. The molecule has 1 heterocycles. The first-order valence-electron chi connectivity index (χ1n) is 5.76. The van der Waals surface area contributed by atoms with Crippen LogP contribution in [0.25, 0.3) is 0 Å². The van der Waals surface area contributed by atoms with Gasteiger partial charge < -0.3 is 14.7 Å². The molecule has 1 atom stereocenters. The predicted molar refractivity (Wildman–Crippen MR) is 65.7 cm³/mol. The third kappa shape index (κ3) is 2.44. The molecule has 0 aromatic heterocycles. The molecule has 0 radical (unpaired) electrons. The molecular formula is C13H14N2O3. The van der Waals surface area contributed by atoms with E-state index in [1.54, 1.807) is 6.07 Å². The lowest BCUT2D eigenvalue weighted by atomic mass is 10.1. The molecule has 1 aliphatic heterocycles. The number of hydrogen-bond acceptors (Lipinski definition) is 4. The van der Waals surface area contributed by atoms with Gasteiger partial charge in [0.25, 0.3) is 0 Å². The largest absolute Gasteiger partial charge is 0.478 e. The van der Waals surface area contributed by atoms with Gasteiger partial charge in [-0.3, -0.25) is 0 Å². The quantitative estimate of drug-likeness (QED) is 0.855. The number of nitrogens with zero attached hydrogens (tertiary/aromatic N) is 2. The van der Waals surface area contributed by atoms with Crippen molar-refractivity contribution in [2.45, 2.75) is 13.0 Å². The molecule has 1 N–H and O–H groups in total. The van der Waals surface area contributed by atoms with E-state index in [4.69, 9.17) is 15.1 Å². The smallest absolute Gasteiger partial charge is 0.335 e. The molecule has 1 aromatic rings. The molecule has 0 amide bonds. The molecule has 1 aliphatic rings. The maximum atomic E-state index is 10.9. The van der Waals surface area contributed by atoms with Crippen molar-refractivity contribution in [3.05, 3.63) is 29.3 Å². The SMILES string of the molecule is CC1CN(c2ccc(C(=O)O)cc2C#N)CCO1. The summed E-state index contributed by atoms with van der Waals surface area (Å²) in [6, 6.07) is 6.69. The van der Waals surface area contributed by atoms with Gasteiger partial charge in [-0.25, -0.2) is 4.79 Å². The van der Waals surface area contributed by atoms with E-state index in [-0.39, 0.29) is 11.7 Å². The first-order chi connectivity index (χ1) is 8.61. The molecule has 0 saturated carbocycles. The van der Waals surface area contributed by atoms with Crippen LogP contribution in [0, 0.1) is 11.3 Å². The number of nitriles is 1. The minimum atomic E-state index is -1.02. The minimum absolute atomic E-state index is 0.115. The molecular weight excluding hydrogens is 232 g/mol. The number of carboxylic acids is 1. The second kappa shape index (κ2) is 5.07. The standard InChI is InChI=1S/C13H14N2O3/c1-9-8-15(4-5-18-9)12-3-2-10(13(16)17)6-11(12)7-14/h2-3,6,9H,4-5,8H2,1H3,(H,16,17). The van der Waals surface area contributed by atoms with Crippen LogP contribution in [-0.2, 0) is 4.74 Å². The van der Waals surface area contributed by atoms with E-state index in [0.29, 0.717) is 25.3 Å². The Balaban J connectivity index is 2.33. The molecule has 1 unspecified atom stereocenters. The Hall–Kier alpha value is -2.06. The van der Waals surface area contributed by atoms with Crippen LogP contribution in [0.5, 0.6) is 0 Å². The highest BCUT2D eigenvalue weighted by Crippen LogP contribution is 2.23.